The summed E-state index contributed by atoms with van der Waals surface area (Å²) in [5.74, 6) is 0. The van der Waals surface area contributed by atoms with E-state index in [9.17, 15) is 0 Å². The van der Waals surface area contributed by atoms with Gasteiger partial charge in [0.15, 0.2) is 5.65 Å². The van der Waals surface area contributed by atoms with Gasteiger partial charge in [0.05, 0.1) is 11.8 Å². The van der Waals surface area contributed by atoms with Gasteiger partial charge in [0.1, 0.15) is 4.60 Å². The normalized spacial score (nSPS) is 11.2. The predicted octanol–water partition coefficient (Wildman–Crippen LogP) is 2.87. The van der Waals surface area contributed by atoms with E-state index in [4.69, 9.17) is 0 Å². The van der Waals surface area contributed by atoms with Crippen LogP contribution >= 0.6 is 15.9 Å². The average molecular weight is 248 g/mol. The molecule has 0 aliphatic rings. The lowest BCUT2D eigenvalue weighted by atomic mass is 10.1. The van der Waals surface area contributed by atoms with Gasteiger partial charge >= 0.3 is 0 Å². The number of pyridine rings is 1. The van der Waals surface area contributed by atoms with E-state index in [1.165, 1.54) is 0 Å². The highest BCUT2D eigenvalue weighted by atomic mass is 79.9. The largest absolute Gasteiger partial charge is 0.343 e. The summed E-state index contributed by atoms with van der Waals surface area (Å²) in [5.41, 5.74) is 1.74. The molecule has 0 unspecified atom stereocenters. The number of hydrogen-bond acceptors (Lipinski definition) is 2. The number of hydrogen-bond donors (Lipinski definition) is 1. The Morgan fingerprint density at radius 1 is 1.14 bits per heavy atom. The highest BCUT2D eigenvalue weighted by Gasteiger charge is 2.06. The number of benzene rings is 1. The van der Waals surface area contributed by atoms with E-state index in [0.29, 0.717) is 0 Å². The van der Waals surface area contributed by atoms with Crippen LogP contribution in [0.1, 0.15) is 0 Å². The second-order valence-corrected chi connectivity index (χ2v) is 3.80. The van der Waals surface area contributed by atoms with Crippen molar-refractivity contribution in [2.75, 3.05) is 0 Å². The Morgan fingerprint density at radius 2 is 1.93 bits per heavy atom. The van der Waals surface area contributed by atoms with Crippen LogP contribution < -0.4 is 0 Å². The van der Waals surface area contributed by atoms with E-state index >= 15 is 0 Å². The zero-order chi connectivity index (χ0) is 9.54. The number of fused-ring (bicyclic) bond motifs is 3. The van der Waals surface area contributed by atoms with Gasteiger partial charge in [0.2, 0.25) is 0 Å². The highest BCUT2D eigenvalue weighted by molar-refractivity contribution is 9.10. The molecule has 2 heterocycles. The summed E-state index contributed by atoms with van der Waals surface area (Å²) in [4.78, 5) is 11.6. The molecule has 0 fully saturated rings. The fourth-order valence-corrected chi connectivity index (χ4v) is 2.12. The van der Waals surface area contributed by atoms with Gasteiger partial charge in [-0.15, -0.1) is 0 Å². The van der Waals surface area contributed by atoms with Gasteiger partial charge < -0.3 is 4.98 Å². The Balaban J connectivity index is 2.67. The highest BCUT2D eigenvalue weighted by Crippen LogP contribution is 2.26. The molecule has 3 aromatic rings. The molecule has 68 valence electrons. The Morgan fingerprint density at radius 3 is 2.79 bits per heavy atom. The van der Waals surface area contributed by atoms with E-state index < -0.39 is 0 Å². The molecule has 0 atom stereocenters. The van der Waals surface area contributed by atoms with Crippen molar-refractivity contribution in [3.05, 3.63) is 35.2 Å². The summed E-state index contributed by atoms with van der Waals surface area (Å²) < 4.78 is 0.840. The van der Waals surface area contributed by atoms with E-state index in [1.54, 1.807) is 6.33 Å². The molecule has 1 N–H and O–H groups in total. The maximum atomic E-state index is 4.34. The van der Waals surface area contributed by atoms with E-state index in [1.807, 2.05) is 18.2 Å². The average Bonchev–Trinajstić information content (AvgIpc) is 2.66. The van der Waals surface area contributed by atoms with Crippen LogP contribution in [0.15, 0.2) is 35.2 Å². The Bertz CT molecular complexity index is 615. The molecule has 0 saturated carbocycles. The van der Waals surface area contributed by atoms with Gasteiger partial charge in [-0.05, 0) is 15.9 Å². The summed E-state index contributed by atoms with van der Waals surface area (Å²) in [6, 6.07) is 8.10. The monoisotopic (exact) mass is 247 g/mol. The maximum Gasteiger partial charge on any atom is 0.179 e. The first-order valence-corrected chi connectivity index (χ1v) is 5.03. The summed E-state index contributed by atoms with van der Waals surface area (Å²) in [6.07, 6.45) is 1.66. The number of H-pyrrole nitrogens is 1. The molecule has 0 aliphatic carbocycles. The van der Waals surface area contributed by atoms with Crippen LogP contribution in [0.2, 0.25) is 0 Å². The topological polar surface area (TPSA) is 41.6 Å². The minimum Gasteiger partial charge on any atom is -0.343 e. The number of nitrogens with zero attached hydrogens (tertiary/aromatic N) is 2. The second-order valence-electron chi connectivity index (χ2n) is 3.05. The van der Waals surface area contributed by atoms with Gasteiger partial charge in [-0.3, -0.25) is 0 Å². The molecule has 3 rings (SSSR count). The van der Waals surface area contributed by atoms with Gasteiger partial charge in [0, 0.05) is 10.8 Å². The van der Waals surface area contributed by atoms with Crippen LogP contribution in [0, 0.1) is 0 Å². The van der Waals surface area contributed by atoms with Crippen LogP contribution in [0.5, 0.6) is 0 Å². The molecule has 0 aliphatic heterocycles. The minimum atomic E-state index is 0.746. The molecule has 0 bridgehead atoms. The number of halogens is 1. The van der Waals surface area contributed by atoms with Crippen LogP contribution in [0.4, 0.5) is 0 Å². The minimum absolute atomic E-state index is 0.746. The standard InChI is InChI=1S/C10H6BrN3/c11-9-7-4-2-1-3-6(7)8-10(14-9)13-5-12-8/h1-5H,(H,12,13,14). The molecule has 14 heavy (non-hydrogen) atoms. The Labute approximate surface area is 88.3 Å². The molecule has 3 nitrogen and oxygen atoms in total. The summed E-state index contributed by atoms with van der Waals surface area (Å²) >= 11 is 3.44. The molecular weight excluding hydrogens is 242 g/mol. The predicted molar refractivity (Wildman–Crippen MR) is 59.1 cm³/mol. The molecule has 0 saturated heterocycles. The van der Waals surface area contributed by atoms with Gasteiger partial charge in [-0.2, -0.15) is 0 Å². The molecule has 2 aromatic heterocycles. The fourth-order valence-electron chi connectivity index (χ4n) is 1.60. The third-order valence-corrected chi connectivity index (χ3v) is 2.85. The van der Waals surface area contributed by atoms with E-state index in [2.05, 4.69) is 36.9 Å². The first-order chi connectivity index (χ1) is 6.86. The number of nitrogens with one attached hydrogen (secondary N) is 1. The van der Waals surface area contributed by atoms with Crippen molar-refractivity contribution in [2.45, 2.75) is 0 Å². The van der Waals surface area contributed by atoms with Gasteiger partial charge in [0.25, 0.3) is 0 Å². The molecular formula is C10H6BrN3. The summed E-state index contributed by atoms with van der Waals surface area (Å²) in [5, 5.41) is 2.24. The van der Waals surface area contributed by atoms with Crippen molar-refractivity contribution in [3.63, 3.8) is 0 Å². The lowest BCUT2D eigenvalue weighted by molar-refractivity contribution is 1.29. The van der Waals surface area contributed by atoms with E-state index in [-0.39, 0.29) is 0 Å². The third-order valence-electron chi connectivity index (χ3n) is 2.24. The fraction of sp³-hybridized carbons (Fsp3) is 0. The number of rotatable bonds is 0. The van der Waals surface area contributed by atoms with Crippen molar-refractivity contribution in [1.29, 1.82) is 0 Å². The lowest BCUT2D eigenvalue weighted by Crippen LogP contribution is -1.83. The quantitative estimate of drug-likeness (QED) is 0.621. The van der Waals surface area contributed by atoms with Crippen molar-refractivity contribution in [3.8, 4) is 0 Å². The summed E-state index contributed by atoms with van der Waals surface area (Å²) in [7, 11) is 0. The lowest BCUT2D eigenvalue weighted by Gasteiger charge is -1.99. The molecule has 0 radical (unpaired) electrons. The molecule has 4 heteroatoms. The third kappa shape index (κ3) is 0.974. The number of imidazole rings is 1. The zero-order valence-electron chi connectivity index (χ0n) is 7.16. The Hall–Kier alpha value is -1.42. The first-order valence-electron chi connectivity index (χ1n) is 4.23. The maximum absolute atomic E-state index is 4.34. The summed E-state index contributed by atoms with van der Waals surface area (Å²) in [6.45, 7) is 0. The van der Waals surface area contributed by atoms with Gasteiger partial charge in [-0.1, -0.05) is 24.3 Å². The van der Waals surface area contributed by atoms with Crippen LogP contribution in [-0.4, -0.2) is 15.0 Å². The zero-order valence-corrected chi connectivity index (χ0v) is 8.75. The van der Waals surface area contributed by atoms with E-state index in [0.717, 1.165) is 26.5 Å². The van der Waals surface area contributed by atoms with Crippen molar-refractivity contribution in [1.82, 2.24) is 15.0 Å². The molecule has 1 aromatic carbocycles. The molecule has 0 amide bonds. The van der Waals surface area contributed by atoms with Crippen LogP contribution in [0.3, 0.4) is 0 Å². The smallest absolute Gasteiger partial charge is 0.179 e. The molecule has 0 spiro atoms. The van der Waals surface area contributed by atoms with Crippen LogP contribution in [0.25, 0.3) is 21.9 Å². The second kappa shape index (κ2) is 2.78. The number of aromatic nitrogens is 3. The number of aromatic amines is 1. The van der Waals surface area contributed by atoms with Crippen molar-refractivity contribution in [2.24, 2.45) is 0 Å². The SMILES string of the molecule is Brc1nc2nc[nH]c2c2ccccc12. The van der Waals surface area contributed by atoms with Crippen LogP contribution in [-0.2, 0) is 0 Å². The van der Waals surface area contributed by atoms with Crippen molar-refractivity contribution < 1.29 is 0 Å². The first kappa shape index (κ1) is 7.94. The Kier molecular flexibility index (Phi) is 1.58. The van der Waals surface area contributed by atoms with Gasteiger partial charge in [-0.25, -0.2) is 9.97 Å². The van der Waals surface area contributed by atoms with Crippen molar-refractivity contribution >= 4 is 37.9 Å².